The van der Waals surface area contributed by atoms with Crippen LogP contribution in [0, 0.1) is 5.92 Å². The molecule has 0 radical (unpaired) electrons. The van der Waals surface area contributed by atoms with Crippen molar-refractivity contribution in [3.05, 3.63) is 35.5 Å². The largest absolute Gasteiger partial charge is 0.378 e. The van der Waals surface area contributed by atoms with Gasteiger partial charge in [-0.05, 0) is 36.0 Å². The molecule has 4 rings (SSSR count). The molecule has 3 heterocycles. The number of nitrogens with one attached hydrogen (secondary N) is 1. The quantitative estimate of drug-likeness (QED) is 0.921. The van der Waals surface area contributed by atoms with Crippen LogP contribution in [0.15, 0.2) is 24.4 Å². The summed E-state index contributed by atoms with van der Waals surface area (Å²) >= 11 is 0. The number of hydrogen-bond donors (Lipinski definition) is 1. The molecule has 2 aromatic rings. The van der Waals surface area contributed by atoms with Gasteiger partial charge in [-0.15, -0.1) is 0 Å². The van der Waals surface area contributed by atoms with Crippen LogP contribution in [-0.2, 0) is 23.0 Å². The Kier molecular flexibility index (Phi) is 4.76. The minimum atomic E-state index is -0.171. The standard InChI is InChI=1S/C21H29N3O2/c1-14(2)11-17-16-5-4-6-19-20(16)15(13-23(19)3)12-18(22-17)21(25)24-7-9-26-10-8-24/h4-6,13-14,17-18,22H,7-12H2,1-3H3/t17-,18-/m0/s1. The summed E-state index contributed by atoms with van der Waals surface area (Å²) in [5.74, 6) is 0.777. The molecule has 1 aromatic carbocycles. The first kappa shape index (κ1) is 17.6. The normalized spacial score (nSPS) is 23.5. The second-order valence-electron chi connectivity index (χ2n) is 8.05. The lowest BCUT2D eigenvalue weighted by Gasteiger charge is -2.32. The lowest BCUT2D eigenvalue weighted by atomic mass is 9.94. The number of ether oxygens (including phenoxy) is 1. The van der Waals surface area contributed by atoms with Crippen LogP contribution in [0.1, 0.15) is 37.4 Å². The van der Waals surface area contributed by atoms with E-state index in [0.717, 1.165) is 12.8 Å². The number of hydrogen-bond acceptors (Lipinski definition) is 3. The summed E-state index contributed by atoms with van der Waals surface area (Å²) in [5.41, 5.74) is 3.88. The molecular weight excluding hydrogens is 326 g/mol. The summed E-state index contributed by atoms with van der Waals surface area (Å²) in [6.45, 7) is 7.17. The zero-order valence-electron chi connectivity index (χ0n) is 16.0. The van der Waals surface area contributed by atoms with E-state index in [1.54, 1.807) is 0 Å². The number of amides is 1. The lowest BCUT2D eigenvalue weighted by molar-refractivity contribution is -0.137. The average molecular weight is 355 g/mol. The molecule has 5 heteroatoms. The van der Waals surface area contributed by atoms with Crippen molar-refractivity contribution >= 4 is 16.8 Å². The van der Waals surface area contributed by atoms with Gasteiger partial charge in [0.1, 0.15) is 0 Å². The van der Waals surface area contributed by atoms with Crippen LogP contribution in [0.2, 0.25) is 0 Å². The minimum Gasteiger partial charge on any atom is -0.378 e. The molecule has 1 amide bonds. The SMILES string of the molecule is CC(C)C[C@@H]1N[C@H](C(=O)N2CCOCC2)Cc2cn(C)c3cccc1c23. The number of morpholine rings is 1. The maximum Gasteiger partial charge on any atom is 0.240 e. The molecule has 1 N–H and O–H groups in total. The Labute approximate surface area is 155 Å². The van der Waals surface area contributed by atoms with Crippen molar-refractivity contribution < 1.29 is 9.53 Å². The Morgan fingerprint density at radius 3 is 2.81 bits per heavy atom. The molecule has 1 saturated heterocycles. The number of carbonyl (C=O) groups excluding carboxylic acids is 1. The lowest BCUT2D eigenvalue weighted by Crippen LogP contribution is -2.51. The highest BCUT2D eigenvalue weighted by molar-refractivity contribution is 5.90. The highest BCUT2D eigenvalue weighted by Crippen LogP contribution is 2.35. The predicted molar refractivity (Wildman–Crippen MR) is 103 cm³/mol. The van der Waals surface area contributed by atoms with Crippen molar-refractivity contribution in [2.45, 2.75) is 38.8 Å². The zero-order chi connectivity index (χ0) is 18.3. The molecule has 0 bridgehead atoms. The van der Waals surface area contributed by atoms with Gasteiger partial charge in [0.25, 0.3) is 0 Å². The number of nitrogens with zero attached hydrogens (tertiary/aromatic N) is 2. The van der Waals surface area contributed by atoms with Gasteiger partial charge in [0, 0.05) is 43.3 Å². The zero-order valence-corrected chi connectivity index (χ0v) is 16.0. The van der Waals surface area contributed by atoms with Gasteiger partial charge < -0.3 is 14.2 Å². The molecule has 0 aliphatic carbocycles. The van der Waals surface area contributed by atoms with E-state index in [1.807, 2.05) is 4.90 Å². The van der Waals surface area contributed by atoms with Crippen molar-refractivity contribution in [3.8, 4) is 0 Å². The summed E-state index contributed by atoms with van der Waals surface area (Å²) in [4.78, 5) is 15.2. The number of carbonyl (C=O) groups is 1. The second kappa shape index (κ2) is 7.05. The molecule has 5 nitrogen and oxygen atoms in total. The van der Waals surface area contributed by atoms with E-state index >= 15 is 0 Å². The van der Waals surface area contributed by atoms with E-state index in [9.17, 15) is 4.79 Å². The monoisotopic (exact) mass is 355 g/mol. The number of aryl methyl sites for hydroxylation is 1. The summed E-state index contributed by atoms with van der Waals surface area (Å²) in [6, 6.07) is 6.58. The first-order valence-electron chi connectivity index (χ1n) is 9.74. The molecule has 0 unspecified atom stereocenters. The van der Waals surface area contributed by atoms with E-state index < -0.39 is 0 Å². The molecule has 2 aliphatic rings. The summed E-state index contributed by atoms with van der Waals surface area (Å²) in [6.07, 6.45) is 3.98. The fraction of sp³-hybridized carbons (Fsp3) is 0.571. The van der Waals surface area contributed by atoms with Crippen LogP contribution in [0.25, 0.3) is 10.9 Å². The summed E-state index contributed by atoms with van der Waals surface area (Å²) < 4.78 is 7.62. The third kappa shape index (κ3) is 3.14. The van der Waals surface area contributed by atoms with Crippen molar-refractivity contribution in [1.82, 2.24) is 14.8 Å². The van der Waals surface area contributed by atoms with Crippen molar-refractivity contribution in [2.24, 2.45) is 13.0 Å². The molecule has 1 aromatic heterocycles. The highest BCUT2D eigenvalue weighted by Gasteiger charge is 2.33. The van der Waals surface area contributed by atoms with Gasteiger partial charge in [0.2, 0.25) is 5.91 Å². The minimum absolute atomic E-state index is 0.171. The first-order chi connectivity index (χ1) is 12.5. The van der Waals surface area contributed by atoms with Gasteiger partial charge in [0.15, 0.2) is 0 Å². The Balaban J connectivity index is 1.72. The van der Waals surface area contributed by atoms with Gasteiger partial charge in [-0.1, -0.05) is 26.0 Å². The Hall–Kier alpha value is -1.85. The fourth-order valence-electron chi connectivity index (χ4n) is 4.45. The van der Waals surface area contributed by atoms with Gasteiger partial charge in [0.05, 0.1) is 19.3 Å². The van der Waals surface area contributed by atoms with E-state index in [4.69, 9.17) is 4.74 Å². The van der Waals surface area contributed by atoms with E-state index in [-0.39, 0.29) is 18.0 Å². The molecule has 2 aliphatic heterocycles. The maximum absolute atomic E-state index is 13.2. The molecule has 26 heavy (non-hydrogen) atoms. The third-order valence-corrected chi connectivity index (χ3v) is 5.66. The Bertz CT molecular complexity index is 805. The summed E-state index contributed by atoms with van der Waals surface area (Å²) in [5, 5.41) is 5.05. The average Bonchev–Trinajstić information content (AvgIpc) is 2.87. The van der Waals surface area contributed by atoms with Crippen LogP contribution in [-0.4, -0.2) is 47.7 Å². The molecule has 2 atom stereocenters. The van der Waals surface area contributed by atoms with Crippen LogP contribution in [0.3, 0.4) is 0 Å². The van der Waals surface area contributed by atoms with Crippen LogP contribution in [0.5, 0.6) is 0 Å². The van der Waals surface area contributed by atoms with E-state index in [0.29, 0.717) is 32.2 Å². The second-order valence-corrected chi connectivity index (χ2v) is 8.05. The van der Waals surface area contributed by atoms with Gasteiger partial charge in [-0.2, -0.15) is 0 Å². The van der Waals surface area contributed by atoms with Crippen LogP contribution in [0.4, 0.5) is 0 Å². The van der Waals surface area contributed by atoms with Crippen molar-refractivity contribution in [1.29, 1.82) is 0 Å². The Morgan fingerprint density at radius 1 is 1.31 bits per heavy atom. The first-order valence-corrected chi connectivity index (χ1v) is 9.74. The number of aromatic nitrogens is 1. The topological polar surface area (TPSA) is 46.5 Å². The summed E-state index contributed by atoms with van der Waals surface area (Å²) in [7, 11) is 2.10. The van der Waals surface area contributed by atoms with Gasteiger partial charge in [-0.3, -0.25) is 10.1 Å². The molecule has 140 valence electrons. The fourth-order valence-corrected chi connectivity index (χ4v) is 4.45. The smallest absolute Gasteiger partial charge is 0.240 e. The maximum atomic E-state index is 13.2. The Morgan fingerprint density at radius 2 is 2.08 bits per heavy atom. The van der Waals surface area contributed by atoms with Gasteiger partial charge >= 0.3 is 0 Å². The predicted octanol–water partition coefficient (Wildman–Crippen LogP) is 2.64. The number of rotatable bonds is 3. The van der Waals surface area contributed by atoms with Crippen LogP contribution < -0.4 is 5.32 Å². The van der Waals surface area contributed by atoms with Gasteiger partial charge in [-0.25, -0.2) is 0 Å². The molecule has 0 saturated carbocycles. The number of benzene rings is 1. The van der Waals surface area contributed by atoms with E-state index in [1.165, 1.54) is 22.0 Å². The highest BCUT2D eigenvalue weighted by atomic mass is 16.5. The van der Waals surface area contributed by atoms with E-state index in [2.05, 4.69) is 55.2 Å². The van der Waals surface area contributed by atoms with Crippen LogP contribution >= 0.6 is 0 Å². The van der Waals surface area contributed by atoms with Crippen molar-refractivity contribution in [2.75, 3.05) is 26.3 Å². The third-order valence-electron chi connectivity index (χ3n) is 5.66. The van der Waals surface area contributed by atoms with Crippen molar-refractivity contribution in [3.63, 3.8) is 0 Å². The molecular formula is C21H29N3O2. The molecule has 0 spiro atoms. The molecule has 1 fully saturated rings.